The van der Waals surface area contributed by atoms with Crippen LogP contribution >= 0.6 is 0 Å². The zero-order valence-electron chi connectivity index (χ0n) is 13.4. The average molecular weight is 315 g/mol. The Morgan fingerprint density at radius 2 is 1.33 bits per heavy atom. The Morgan fingerprint density at radius 1 is 0.889 bits per heavy atom. The zero-order valence-corrected chi connectivity index (χ0v) is 15.1. The summed E-state index contributed by atoms with van der Waals surface area (Å²) in [5, 5.41) is 9.28. The molecule has 0 unspecified atom stereocenters. The van der Waals surface area contributed by atoms with Crippen molar-refractivity contribution in [3.63, 3.8) is 0 Å². The van der Waals surface area contributed by atoms with Crippen molar-refractivity contribution < 1.29 is 0 Å². The van der Waals surface area contributed by atoms with Gasteiger partial charge in [0.05, 0.1) is 0 Å². The normalized spacial score (nSPS) is 22.8. The van der Waals surface area contributed by atoms with Gasteiger partial charge >= 0.3 is 119 Å². The van der Waals surface area contributed by atoms with E-state index in [2.05, 4.69) is 73.5 Å². The van der Waals surface area contributed by atoms with Crippen molar-refractivity contribution in [2.75, 3.05) is 0 Å². The molecule has 0 aromatic heterocycles. The van der Waals surface area contributed by atoms with Crippen LogP contribution in [0.2, 0.25) is 0 Å². The first-order valence-corrected chi connectivity index (χ1v) is 8.35. The Hall–Kier alpha value is -0.141. The van der Waals surface area contributed by atoms with Gasteiger partial charge in [-0.3, -0.25) is 0 Å². The van der Waals surface area contributed by atoms with E-state index in [9.17, 15) is 0 Å². The van der Waals surface area contributed by atoms with Crippen LogP contribution in [0.1, 0.15) is 62.3 Å². The molecule has 0 saturated carbocycles. The number of hydrogen-bond donors (Lipinski definition) is 0. The van der Waals surface area contributed by atoms with E-state index < -0.39 is 0 Å². The van der Waals surface area contributed by atoms with Gasteiger partial charge in [0.25, 0.3) is 0 Å². The number of allylic oxidation sites excluding steroid dienone is 1. The molecule has 1 rings (SSSR count). The van der Waals surface area contributed by atoms with E-state index in [1.54, 1.807) is 0 Å². The molecule has 1 heterocycles. The summed E-state index contributed by atoms with van der Waals surface area (Å²) in [4.78, 5) is 0. The van der Waals surface area contributed by atoms with Crippen LogP contribution < -0.4 is 0 Å². The fourth-order valence-corrected chi connectivity index (χ4v) is 5.60. The minimum absolute atomic E-state index is 0.0376. The molecule has 0 aliphatic carbocycles. The summed E-state index contributed by atoms with van der Waals surface area (Å²) >= 11 is 0.302. The van der Waals surface area contributed by atoms with Crippen LogP contribution in [0.4, 0.5) is 0 Å². The maximum absolute atomic E-state index is 4.76. The topological polar surface area (TPSA) is 24.7 Å². The molecule has 104 valence electrons. The van der Waals surface area contributed by atoms with Gasteiger partial charge in [-0.05, 0) is 0 Å². The van der Waals surface area contributed by atoms with E-state index in [4.69, 9.17) is 5.11 Å². The van der Waals surface area contributed by atoms with Crippen molar-refractivity contribution >= 4 is 15.0 Å². The van der Waals surface area contributed by atoms with Crippen LogP contribution in [0.3, 0.4) is 0 Å². The number of rotatable bonds is 0. The molecule has 0 N–H and O–H groups in total. The van der Waals surface area contributed by atoms with E-state index in [1.807, 2.05) is 0 Å². The van der Waals surface area contributed by atoms with Gasteiger partial charge in [0.2, 0.25) is 0 Å². The van der Waals surface area contributed by atoms with Gasteiger partial charge in [-0.2, -0.15) is 0 Å². The second-order valence-electron chi connectivity index (χ2n) is 8.29. The van der Waals surface area contributed by atoms with E-state index in [0.29, 0.717) is 15.0 Å². The third-order valence-corrected chi connectivity index (χ3v) is 7.35. The molecule has 0 radical (unpaired) electrons. The van der Waals surface area contributed by atoms with Gasteiger partial charge < -0.3 is 0 Å². The van der Waals surface area contributed by atoms with Crippen LogP contribution in [-0.4, -0.2) is 19.4 Å². The molecule has 0 atom stereocenters. The fraction of sp³-hybridized carbons (Fsp3) is 0.867. The van der Waals surface area contributed by atoms with Gasteiger partial charge in [-0.15, -0.1) is 0 Å². The van der Waals surface area contributed by atoms with Gasteiger partial charge in [0, 0.05) is 0 Å². The Bertz CT molecular complexity index is 359. The summed E-state index contributed by atoms with van der Waals surface area (Å²) in [5.74, 6) is 0. The molecule has 18 heavy (non-hydrogen) atoms. The summed E-state index contributed by atoms with van der Waals surface area (Å²) in [6, 6.07) is 0. The molecule has 0 amide bonds. The number of hydrogen-bond acceptors (Lipinski definition) is 2. The third kappa shape index (κ3) is 3.05. The quantitative estimate of drug-likeness (QED) is 0.572. The molecule has 0 saturated heterocycles. The van der Waals surface area contributed by atoms with Gasteiger partial charge in [0.1, 0.15) is 0 Å². The Balaban J connectivity index is 3.18. The van der Waals surface area contributed by atoms with Gasteiger partial charge in [-0.1, -0.05) is 0 Å². The van der Waals surface area contributed by atoms with Gasteiger partial charge in [0.15, 0.2) is 0 Å². The molecule has 0 aromatic rings. The standard InChI is InChI=1S/C15H28N2Se/c1-12(2,3)10-11-16-17-15(18-11,13(4,5)6)14(7,8)9/h10H,1-9H3/b11-10-. The number of nitrogens with zero attached hydrogens (tertiary/aromatic N) is 2. The molecule has 2 nitrogen and oxygen atoms in total. The van der Waals surface area contributed by atoms with Crippen molar-refractivity contribution in [1.82, 2.24) is 0 Å². The van der Waals surface area contributed by atoms with Crippen molar-refractivity contribution in [2.45, 2.75) is 66.8 Å². The van der Waals surface area contributed by atoms with Crippen LogP contribution in [-0.2, 0) is 0 Å². The van der Waals surface area contributed by atoms with Crippen LogP contribution in [0, 0.1) is 16.2 Å². The van der Waals surface area contributed by atoms with Crippen LogP contribution in [0.5, 0.6) is 0 Å². The Labute approximate surface area is 119 Å². The van der Waals surface area contributed by atoms with Gasteiger partial charge in [-0.25, -0.2) is 0 Å². The molecule has 0 aromatic carbocycles. The summed E-state index contributed by atoms with van der Waals surface area (Å²) < 4.78 is 1.17. The Morgan fingerprint density at radius 3 is 1.61 bits per heavy atom. The molecule has 1 aliphatic rings. The van der Waals surface area contributed by atoms with Crippen molar-refractivity contribution in [3.8, 4) is 0 Å². The fourth-order valence-electron chi connectivity index (χ4n) is 2.47. The molecule has 0 fully saturated rings. The molecule has 3 heteroatoms. The van der Waals surface area contributed by atoms with Crippen LogP contribution in [0.25, 0.3) is 0 Å². The Kier molecular flexibility index (Phi) is 3.94. The van der Waals surface area contributed by atoms with Crippen molar-refractivity contribution in [3.05, 3.63) is 10.7 Å². The predicted octanol–water partition coefficient (Wildman–Crippen LogP) is 4.83. The monoisotopic (exact) mass is 316 g/mol. The molecular formula is C15H28N2Se. The summed E-state index contributed by atoms with van der Waals surface area (Å²) in [5.41, 5.74) is 0.465. The SMILES string of the molecule is CC(C)(C)/C=C1/N=NC(C(C)(C)C)(C(C)(C)C)[Se]1. The molecule has 0 bridgehead atoms. The molecule has 1 aliphatic heterocycles. The first-order valence-electron chi connectivity index (χ1n) is 6.63. The minimum atomic E-state index is -0.0376. The van der Waals surface area contributed by atoms with E-state index >= 15 is 0 Å². The zero-order chi connectivity index (χ0) is 14.4. The summed E-state index contributed by atoms with van der Waals surface area (Å²) in [7, 11) is 0. The second-order valence-corrected chi connectivity index (χ2v) is 10.8. The first-order chi connectivity index (χ1) is 7.79. The van der Waals surface area contributed by atoms with Crippen LogP contribution in [0.15, 0.2) is 20.9 Å². The average Bonchev–Trinajstić information content (AvgIpc) is 2.43. The summed E-state index contributed by atoms with van der Waals surface area (Å²) in [6.07, 6.45) is 2.29. The number of azo groups is 1. The third-order valence-electron chi connectivity index (χ3n) is 3.13. The van der Waals surface area contributed by atoms with E-state index in [0.717, 1.165) is 0 Å². The van der Waals surface area contributed by atoms with Crippen molar-refractivity contribution in [2.24, 2.45) is 26.5 Å². The maximum atomic E-state index is 4.76. The first kappa shape index (κ1) is 15.9. The molecular weight excluding hydrogens is 287 g/mol. The van der Waals surface area contributed by atoms with Crippen molar-refractivity contribution in [1.29, 1.82) is 0 Å². The second kappa shape index (κ2) is 4.45. The van der Waals surface area contributed by atoms with E-state index in [-0.39, 0.29) is 20.7 Å². The predicted molar refractivity (Wildman–Crippen MR) is 79.8 cm³/mol. The summed E-state index contributed by atoms with van der Waals surface area (Å²) in [6.45, 7) is 20.4. The van der Waals surface area contributed by atoms with E-state index in [1.165, 1.54) is 4.60 Å². The molecule has 0 spiro atoms.